The maximum Gasteiger partial charge on any atom is 0.244 e. The molecular weight excluding hydrogens is 374 g/mol. The number of benzene rings is 2. The van der Waals surface area contributed by atoms with Crippen molar-refractivity contribution in [2.45, 2.75) is 13.3 Å². The summed E-state index contributed by atoms with van der Waals surface area (Å²) in [5.41, 5.74) is 3.10. The number of para-hydroxylation sites is 2. The molecule has 1 aromatic heterocycles. The maximum absolute atomic E-state index is 12.6. The number of carbonyl (C=O) groups is 2. The third kappa shape index (κ3) is 3.89. The predicted octanol–water partition coefficient (Wildman–Crippen LogP) is 3.87. The lowest BCUT2D eigenvalue weighted by Gasteiger charge is -2.21. The summed E-state index contributed by atoms with van der Waals surface area (Å²) in [5, 5.41) is 5.86. The maximum atomic E-state index is 12.6. The third-order valence-corrected chi connectivity index (χ3v) is 5.17. The number of hydrogen-bond acceptors (Lipinski definition) is 5. The van der Waals surface area contributed by atoms with Gasteiger partial charge in [0.1, 0.15) is 12.3 Å². The third-order valence-electron chi connectivity index (χ3n) is 4.39. The highest BCUT2D eigenvalue weighted by Crippen LogP contribution is 2.31. The van der Waals surface area contributed by atoms with E-state index < -0.39 is 0 Å². The molecule has 0 radical (unpaired) electrons. The first-order valence-corrected chi connectivity index (χ1v) is 9.83. The summed E-state index contributed by atoms with van der Waals surface area (Å²) in [5.74, 6) is 0.213. The summed E-state index contributed by atoms with van der Waals surface area (Å²) in [6.45, 7) is 2.20. The van der Waals surface area contributed by atoms with Gasteiger partial charge in [-0.05, 0) is 31.2 Å². The van der Waals surface area contributed by atoms with Gasteiger partial charge >= 0.3 is 0 Å². The summed E-state index contributed by atoms with van der Waals surface area (Å²) in [4.78, 5) is 31.1. The molecule has 1 aliphatic rings. The molecule has 0 bridgehead atoms. The predicted molar refractivity (Wildman–Crippen MR) is 110 cm³/mol. The van der Waals surface area contributed by atoms with E-state index in [0.29, 0.717) is 23.7 Å². The normalized spacial score (nSPS) is 13.5. The largest absolute Gasteiger partial charge is 0.491 e. The highest BCUT2D eigenvalue weighted by molar-refractivity contribution is 7.09. The average Bonchev–Trinajstić information content (AvgIpc) is 3.06. The van der Waals surface area contributed by atoms with Crippen molar-refractivity contribution in [1.29, 1.82) is 0 Å². The molecule has 1 N–H and O–H groups in total. The van der Waals surface area contributed by atoms with Gasteiger partial charge in [0.05, 0.1) is 29.4 Å². The van der Waals surface area contributed by atoms with Crippen molar-refractivity contribution in [3.8, 4) is 17.0 Å². The molecule has 2 heterocycles. The van der Waals surface area contributed by atoms with Gasteiger partial charge in [-0.15, -0.1) is 11.3 Å². The lowest BCUT2D eigenvalue weighted by atomic mass is 10.1. The number of amides is 2. The van der Waals surface area contributed by atoms with Crippen LogP contribution in [0.2, 0.25) is 0 Å². The average molecular weight is 393 g/mol. The summed E-state index contributed by atoms with van der Waals surface area (Å²) < 4.78 is 5.62. The number of anilines is 2. The Balaban J connectivity index is 1.51. The Bertz CT molecular complexity index is 1030. The number of aromatic nitrogens is 1. The van der Waals surface area contributed by atoms with Crippen molar-refractivity contribution in [2.24, 2.45) is 0 Å². The Hall–Kier alpha value is -3.19. The fourth-order valence-corrected chi connectivity index (χ4v) is 3.71. The van der Waals surface area contributed by atoms with E-state index >= 15 is 0 Å². The van der Waals surface area contributed by atoms with Gasteiger partial charge in [0, 0.05) is 16.6 Å². The number of thiazole rings is 1. The molecule has 0 unspecified atom stereocenters. The smallest absolute Gasteiger partial charge is 0.244 e. The number of nitrogens with one attached hydrogen (secondary N) is 1. The number of aryl methyl sites for hydroxylation is 1. The summed E-state index contributed by atoms with van der Waals surface area (Å²) in [7, 11) is 0. The van der Waals surface area contributed by atoms with Gasteiger partial charge in [0.2, 0.25) is 11.8 Å². The Morgan fingerprint density at radius 2 is 2.11 bits per heavy atom. The van der Waals surface area contributed by atoms with Crippen molar-refractivity contribution in [3.63, 3.8) is 0 Å². The minimum absolute atomic E-state index is 0.0702. The fraction of sp³-hybridized carbons (Fsp3) is 0.190. The number of rotatable bonds is 4. The molecule has 6 nitrogen and oxygen atoms in total. The van der Waals surface area contributed by atoms with Crippen LogP contribution in [0.15, 0.2) is 53.9 Å². The van der Waals surface area contributed by atoms with Crippen molar-refractivity contribution < 1.29 is 14.3 Å². The Labute approximate surface area is 166 Å². The molecular formula is C21H19N3O3S. The summed E-state index contributed by atoms with van der Waals surface area (Å²) in [6, 6.07) is 14.8. The molecule has 0 aliphatic carbocycles. The van der Waals surface area contributed by atoms with Gasteiger partial charge in [0.15, 0.2) is 0 Å². The quantitative estimate of drug-likeness (QED) is 0.730. The standard InChI is InChI=1S/C21H19N3O3S/c1-14-22-17(13-28-14)15-5-4-6-16(11-15)23-20(25)12-24-18-7-2-3-8-19(18)27-10-9-21(24)26/h2-8,11,13H,9-10,12H2,1H3,(H,23,25). The van der Waals surface area contributed by atoms with Crippen LogP contribution < -0.4 is 15.0 Å². The molecule has 4 rings (SSSR count). The van der Waals surface area contributed by atoms with Crippen LogP contribution >= 0.6 is 11.3 Å². The van der Waals surface area contributed by atoms with Crippen LogP contribution in [0.25, 0.3) is 11.3 Å². The molecule has 2 aromatic carbocycles. The van der Waals surface area contributed by atoms with Crippen molar-refractivity contribution >= 4 is 34.5 Å². The number of carbonyl (C=O) groups excluding carboxylic acids is 2. The van der Waals surface area contributed by atoms with E-state index in [1.54, 1.807) is 23.5 Å². The molecule has 0 spiro atoms. The van der Waals surface area contributed by atoms with Gasteiger partial charge in [-0.1, -0.05) is 24.3 Å². The van der Waals surface area contributed by atoms with Crippen molar-refractivity contribution in [1.82, 2.24) is 4.98 Å². The first kappa shape index (κ1) is 18.2. The minimum atomic E-state index is -0.267. The van der Waals surface area contributed by atoms with E-state index in [4.69, 9.17) is 4.74 Å². The highest BCUT2D eigenvalue weighted by Gasteiger charge is 2.25. The van der Waals surface area contributed by atoms with Crippen LogP contribution in [-0.2, 0) is 9.59 Å². The van der Waals surface area contributed by atoms with E-state index in [9.17, 15) is 9.59 Å². The number of fused-ring (bicyclic) bond motifs is 1. The zero-order chi connectivity index (χ0) is 19.5. The van der Waals surface area contributed by atoms with Crippen LogP contribution in [-0.4, -0.2) is 29.9 Å². The van der Waals surface area contributed by atoms with E-state index in [0.717, 1.165) is 16.3 Å². The zero-order valence-electron chi connectivity index (χ0n) is 15.3. The van der Waals surface area contributed by atoms with Gasteiger partial charge < -0.3 is 10.1 Å². The van der Waals surface area contributed by atoms with Crippen LogP contribution in [0, 0.1) is 6.92 Å². The number of nitrogens with zero attached hydrogens (tertiary/aromatic N) is 2. The fourth-order valence-electron chi connectivity index (χ4n) is 3.09. The van der Waals surface area contributed by atoms with Crippen LogP contribution in [0.4, 0.5) is 11.4 Å². The van der Waals surface area contributed by atoms with Crippen LogP contribution in [0.1, 0.15) is 11.4 Å². The summed E-state index contributed by atoms with van der Waals surface area (Å²) >= 11 is 1.58. The highest BCUT2D eigenvalue weighted by atomic mass is 32.1. The minimum Gasteiger partial charge on any atom is -0.491 e. The molecule has 28 heavy (non-hydrogen) atoms. The second kappa shape index (κ2) is 7.82. The molecule has 0 saturated heterocycles. The Kier molecular flexibility index (Phi) is 5.08. The molecule has 2 amide bonds. The molecule has 0 atom stereocenters. The van der Waals surface area contributed by atoms with E-state index in [1.165, 1.54) is 4.90 Å². The van der Waals surface area contributed by atoms with Gasteiger partial charge in [0.25, 0.3) is 0 Å². The lowest BCUT2D eigenvalue weighted by molar-refractivity contribution is -0.121. The van der Waals surface area contributed by atoms with Crippen LogP contribution in [0.3, 0.4) is 0 Å². The Morgan fingerprint density at radius 1 is 1.25 bits per heavy atom. The SMILES string of the molecule is Cc1nc(-c2cccc(NC(=O)CN3C(=O)CCOc4ccccc43)c2)cs1. The number of ether oxygens (including phenoxy) is 1. The van der Waals surface area contributed by atoms with Gasteiger partial charge in [-0.2, -0.15) is 0 Å². The topological polar surface area (TPSA) is 71.5 Å². The lowest BCUT2D eigenvalue weighted by Crippen LogP contribution is -2.37. The van der Waals surface area contributed by atoms with E-state index in [-0.39, 0.29) is 24.8 Å². The Morgan fingerprint density at radius 3 is 2.93 bits per heavy atom. The molecule has 7 heteroatoms. The molecule has 1 aliphatic heterocycles. The second-order valence-electron chi connectivity index (χ2n) is 6.43. The van der Waals surface area contributed by atoms with Gasteiger partial charge in [-0.3, -0.25) is 14.5 Å². The molecule has 142 valence electrons. The van der Waals surface area contributed by atoms with Crippen LogP contribution in [0.5, 0.6) is 5.75 Å². The van der Waals surface area contributed by atoms with E-state index in [2.05, 4.69) is 10.3 Å². The first-order chi connectivity index (χ1) is 13.6. The van der Waals surface area contributed by atoms with Gasteiger partial charge in [-0.25, -0.2) is 4.98 Å². The van der Waals surface area contributed by atoms with E-state index in [1.807, 2.05) is 48.7 Å². The first-order valence-electron chi connectivity index (χ1n) is 8.95. The molecule has 0 saturated carbocycles. The molecule has 0 fully saturated rings. The monoisotopic (exact) mass is 393 g/mol. The van der Waals surface area contributed by atoms with Crippen molar-refractivity contribution in [2.75, 3.05) is 23.4 Å². The number of hydrogen-bond donors (Lipinski definition) is 1. The summed E-state index contributed by atoms with van der Waals surface area (Å²) in [6.07, 6.45) is 0.237. The molecule has 3 aromatic rings. The second-order valence-corrected chi connectivity index (χ2v) is 7.49. The van der Waals surface area contributed by atoms with Crippen molar-refractivity contribution in [3.05, 3.63) is 58.9 Å². The zero-order valence-corrected chi connectivity index (χ0v) is 16.2.